The number of ether oxygens (including phenoxy) is 2. The Morgan fingerprint density at radius 3 is 1.52 bits per heavy atom. The van der Waals surface area contributed by atoms with Crippen LogP contribution in [0.4, 0.5) is 0 Å². The van der Waals surface area contributed by atoms with E-state index in [2.05, 4.69) is 80.3 Å². The molecule has 4 N–H and O–H groups in total. The molecule has 4 aromatic carbocycles. The molecule has 2 aromatic heterocycles. The number of hydrogen-bond acceptors (Lipinski definition) is 6. The van der Waals surface area contributed by atoms with E-state index in [-0.39, 0.29) is 13.1 Å². The quantitative estimate of drug-likeness (QED) is 0.112. The molecule has 9 nitrogen and oxygen atoms in total. The lowest BCUT2D eigenvalue weighted by Gasteiger charge is -2.15. The number of amides is 1. The average molecular weight is 663 g/mol. The molecule has 0 saturated heterocycles. The Morgan fingerprint density at radius 1 is 0.604 bits per heavy atom. The summed E-state index contributed by atoms with van der Waals surface area (Å²) in [5, 5.41) is 8.03. The number of hydrogen-bond donors (Lipinski definition) is 4. The van der Waals surface area contributed by atoms with Crippen LogP contribution in [-0.2, 0) is 19.1 Å². The van der Waals surface area contributed by atoms with E-state index >= 15 is 0 Å². The van der Waals surface area contributed by atoms with E-state index in [9.17, 15) is 14.4 Å². The molecule has 0 aliphatic carbocycles. The molecule has 0 radical (unpaired) electrons. The molecule has 2 heterocycles. The minimum absolute atomic E-state index is 0.0646. The molecule has 0 unspecified atom stereocenters. The number of aromatic nitrogens is 2. The second-order valence-corrected chi connectivity index (χ2v) is 11.1. The zero-order valence-corrected chi connectivity index (χ0v) is 28.1. The maximum atomic E-state index is 12.6. The Hall–Kier alpha value is -5.74. The Labute approximate surface area is 284 Å². The van der Waals surface area contributed by atoms with Gasteiger partial charge in [0.1, 0.15) is 18.1 Å². The lowest BCUT2D eigenvalue weighted by atomic mass is 9.95. The number of thiocarbonyl (C=S) groups is 1. The van der Waals surface area contributed by atoms with Gasteiger partial charge in [-0.3, -0.25) is 14.4 Å². The summed E-state index contributed by atoms with van der Waals surface area (Å²) in [5.74, 6) is -1.40. The fourth-order valence-electron chi connectivity index (χ4n) is 4.90. The van der Waals surface area contributed by atoms with Gasteiger partial charge in [0.25, 0.3) is 5.91 Å². The average Bonchev–Trinajstić information content (AvgIpc) is 3.71. The van der Waals surface area contributed by atoms with Crippen molar-refractivity contribution >= 4 is 56.9 Å². The van der Waals surface area contributed by atoms with Gasteiger partial charge in [0.15, 0.2) is 0 Å². The first-order valence-electron chi connectivity index (χ1n) is 15.2. The van der Waals surface area contributed by atoms with Crippen molar-refractivity contribution in [3.8, 4) is 11.1 Å². The first-order valence-corrected chi connectivity index (χ1v) is 15.6. The number of fused-ring (bicyclic) bond motifs is 2. The smallest absolute Gasteiger partial charge is 0.325 e. The normalized spacial score (nSPS) is 10.2. The molecule has 0 atom stereocenters. The Morgan fingerprint density at radius 2 is 1.02 bits per heavy atom. The van der Waals surface area contributed by atoms with E-state index in [1.807, 2.05) is 42.7 Å². The summed E-state index contributed by atoms with van der Waals surface area (Å²) >= 11 is 5.40. The zero-order valence-electron chi connectivity index (χ0n) is 27.3. The van der Waals surface area contributed by atoms with Crippen LogP contribution in [0.3, 0.4) is 0 Å². The number of para-hydroxylation sites is 2. The van der Waals surface area contributed by atoms with Gasteiger partial charge in [-0.1, -0.05) is 91.1 Å². The monoisotopic (exact) mass is 662 g/mol. The third kappa shape index (κ3) is 9.17. The molecule has 6 aromatic rings. The molecule has 246 valence electrons. The predicted octanol–water partition coefficient (Wildman–Crippen LogP) is 6.65. The molecule has 0 aliphatic heterocycles. The molecule has 0 bridgehead atoms. The summed E-state index contributed by atoms with van der Waals surface area (Å²) in [5.41, 5.74) is 7.48. The van der Waals surface area contributed by atoms with Crippen LogP contribution in [0.25, 0.3) is 32.9 Å². The minimum Gasteiger partial charge on any atom is -0.468 e. The number of H-pyrrole nitrogens is 2. The highest BCUT2D eigenvalue weighted by Crippen LogP contribution is 2.27. The van der Waals surface area contributed by atoms with Crippen LogP contribution in [0, 0.1) is 13.8 Å². The lowest BCUT2D eigenvalue weighted by molar-refractivity contribution is -0.140. The van der Waals surface area contributed by atoms with Crippen molar-refractivity contribution < 1.29 is 23.9 Å². The summed E-state index contributed by atoms with van der Waals surface area (Å²) in [7, 11) is 2.55. The molecule has 10 heteroatoms. The van der Waals surface area contributed by atoms with Crippen LogP contribution in [-0.4, -0.2) is 60.1 Å². The molecule has 1 amide bonds. The molecule has 48 heavy (non-hydrogen) atoms. The van der Waals surface area contributed by atoms with Crippen molar-refractivity contribution in [3.05, 3.63) is 132 Å². The predicted molar refractivity (Wildman–Crippen MR) is 194 cm³/mol. The SMILES string of the molecule is COC(=O)CNC(=O)c1ccccc1-c1ccccc1C(=S)NCC(=O)OC.Cc1c[nH]c2ccccc12.Cc1c[nH]c2ccccc12. The van der Waals surface area contributed by atoms with Crippen molar-refractivity contribution in [2.24, 2.45) is 0 Å². The minimum atomic E-state index is -0.542. The van der Waals surface area contributed by atoms with Crippen LogP contribution in [0.15, 0.2) is 109 Å². The number of carbonyl (C=O) groups excluding carboxylic acids is 3. The Bertz CT molecular complexity index is 1880. The number of carbonyl (C=O) groups is 3. The van der Waals surface area contributed by atoms with Crippen LogP contribution in [0.2, 0.25) is 0 Å². The fraction of sp³-hybridized carbons (Fsp3) is 0.158. The third-order valence-electron chi connectivity index (χ3n) is 7.47. The maximum absolute atomic E-state index is 12.6. The van der Waals surface area contributed by atoms with Crippen LogP contribution in [0.1, 0.15) is 27.0 Å². The largest absolute Gasteiger partial charge is 0.468 e. The summed E-state index contributed by atoms with van der Waals surface area (Å²) < 4.78 is 9.15. The molecule has 6 rings (SSSR count). The molecule has 0 spiro atoms. The number of aryl methyl sites for hydroxylation is 2. The number of aromatic amines is 2. The molecule has 0 fully saturated rings. The maximum Gasteiger partial charge on any atom is 0.325 e. The number of esters is 2. The highest BCUT2D eigenvalue weighted by atomic mass is 32.1. The number of benzene rings is 4. The van der Waals surface area contributed by atoms with E-state index in [1.165, 1.54) is 47.2 Å². The van der Waals surface area contributed by atoms with Gasteiger partial charge in [-0.15, -0.1) is 0 Å². The van der Waals surface area contributed by atoms with Gasteiger partial charge in [0.05, 0.1) is 14.2 Å². The zero-order chi connectivity index (χ0) is 34.5. The van der Waals surface area contributed by atoms with Crippen LogP contribution in [0.5, 0.6) is 0 Å². The first kappa shape index (κ1) is 35.1. The highest BCUT2D eigenvalue weighted by molar-refractivity contribution is 7.80. The van der Waals surface area contributed by atoms with Crippen molar-refractivity contribution in [1.82, 2.24) is 20.6 Å². The van der Waals surface area contributed by atoms with Crippen molar-refractivity contribution in [2.45, 2.75) is 13.8 Å². The summed E-state index contributed by atoms with van der Waals surface area (Å²) in [6, 6.07) is 30.9. The van der Waals surface area contributed by atoms with Gasteiger partial charge < -0.3 is 30.1 Å². The highest BCUT2D eigenvalue weighted by Gasteiger charge is 2.17. The first-order chi connectivity index (χ1) is 23.2. The topological polar surface area (TPSA) is 125 Å². The Balaban J connectivity index is 0.000000207. The number of nitrogens with one attached hydrogen (secondary N) is 4. The second kappa shape index (κ2) is 17.3. The second-order valence-electron chi connectivity index (χ2n) is 10.6. The van der Waals surface area contributed by atoms with Crippen LogP contribution >= 0.6 is 12.2 Å². The Kier molecular flexibility index (Phi) is 12.6. The van der Waals surface area contributed by atoms with Gasteiger partial charge in [0.2, 0.25) is 0 Å². The molecule has 0 saturated carbocycles. The molecular weight excluding hydrogens is 625 g/mol. The van der Waals surface area contributed by atoms with E-state index < -0.39 is 17.8 Å². The van der Waals surface area contributed by atoms with Gasteiger partial charge >= 0.3 is 11.9 Å². The van der Waals surface area contributed by atoms with Crippen molar-refractivity contribution in [3.63, 3.8) is 0 Å². The van der Waals surface area contributed by atoms with E-state index in [1.54, 1.807) is 30.3 Å². The van der Waals surface area contributed by atoms with Crippen molar-refractivity contribution in [1.29, 1.82) is 0 Å². The summed E-state index contributed by atoms with van der Waals surface area (Å²) in [6.45, 7) is 3.92. The molecular formula is C38H38N4O5S. The third-order valence-corrected chi connectivity index (χ3v) is 7.83. The number of methoxy groups -OCH3 is 2. The van der Waals surface area contributed by atoms with E-state index in [0.717, 1.165) is 0 Å². The van der Waals surface area contributed by atoms with Gasteiger partial charge in [-0.25, -0.2) is 0 Å². The van der Waals surface area contributed by atoms with Crippen LogP contribution < -0.4 is 10.6 Å². The standard InChI is InChI=1S/C20H20N2O5S.2C9H9N/c1-26-17(23)11-21-19(25)15-9-5-3-7-13(15)14-8-4-6-10-16(14)20(28)22-12-18(24)27-2;2*1-7-6-10-9-5-3-2-4-8(7)9/h3-10H,11-12H2,1-2H3,(H,21,25)(H,22,28);2*2-6,10H,1H3. The van der Waals surface area contributed by atoms with E-state index in [0.29, 0.717) is 27.2 Å². The lowest BCUT2D eigenvalue weighted by Crippen LogP contribution is -2.31. The van der Waals surface area contributed by atoms with E-state index in [4.69, 9.17) is 12.2 Å². The van der Waals surface area contributed by atoms with Crippen molar-refractivity contribution in [2.75, 3.05) is 27.3 Å². The van der Waals surface area contributed by atoms with Gasteiger partial charge in [-0.2, -0.15) is 0 Å². The molecule has 0 aliphatic rings. The number of rotatable bonds is 7. The van der Waals surface area contributed by atoms with Gasteiger partial charge in [-0.05, 0) is 54.3 Å². The summed E-state index contributed by atoms with van der Waals surface area (Å²) in [4.78, 5) is 42.0. The summed E-state index contributed by atoms with van der Waals surface area (Å²) in [6.07, 6.45) is 4.06. The fourth-order valence-corrected chi connectivity index (χ4v) is 5.16. The van der Waals surface area contributed by atoms with Gasteiger partial charge in [0, 0.05) is 45.3 Å².